The van der Waals surface area contributed by atoms with Gasteiger partial charge in [0.1, 0.15) is 22.9 Å². The predicted octanol–water partition coefficient (Wildman–Crippen LogP) is 3.09. The SMILES string of the molecule is Nc1ncnc(-c2ccc(Cl)s2)c1Cl. The molecule has 0 spiro atoms. The van der Waals surface area contributed by atoms with Gasteiger partial charge in [-0.05, 0) is 12.1 Å². The third kappa shape index (κ3) is 1.68. The summed E-state index contributed by atoms with van der Waals surface area (Å²) < 4.78 is 0.688. The summed E-state index contributed by atoms with van der Waals surface area (Å²) in [6.45, 7) is 0. The lowest BCUT2D eigenvalue weighted by Crippen LogP contribution is -1.94. The van der Waals surface area contributed by atoms with Crippen LogP contribution >= 0.6 is 34.5 Å². The van der Waals surface area contributed by atoms with Crippen LogP contribution in [0.1, 0.15) is 0 Å². The molecule has 2 aromatic rings. The van der Waals surface area contributed by atoms with Crippen molar-refractivity contribution in [2.24, 2.45) is 0 Å². The number of nitrogens with zero attached hydrogens (tertiary/aromatic N) is 2. The molecule has 0 bridgehead atoms. The van der Waals surface area contributed by atoms with Crippen molar-refractivity contribution < 1.29 is 0 Å². The maximum Gasteiger partial charge on any atom is 0.146 e. The lowest BCUT2D eigenvalue weighted by molar-refractivity contribution is 1.19. The van der Waals surface area contributed by atoms with Gasteiger partial charge in [0, 0.05) is 0 Å². The highest BCUT2D eigenvalue weighted by atomic mass is 35.5. The largest absolute Gasteiger partial charge is 0.382 e. The van der Waals surface area contributed by atoms with Crippen molar-refractivity contribution in [2.75, 3.05) is 5.73 Å². The maximum atomic E-state index is 5.95. The van der Waals surface area contributed by atoms with E-state index in [1.54, 1.807) is 6.07 Å². The van der Waals surface area contributed by atoms with Crippen molar-refractivity contribution >= 4 is 40.4 Å². The summed E-state index contributed by atoms with van der Waals surface area (Å²) in [5.41, 5.74) is 6.17. The molecular weight excluding hydrogens is 241 g/mol. The molecular formula is C8H5Cl2N3S. The topological polar surface area (TPSA) is 51.8 Å². The van der Waals surface area contributed by atoms with Crippen molar-refractivity contribution in [3.8, 4) is 10.6 Å². The molecule has 0 saturated heterocycles. The van der Waals surface area contributed by atoms with Crippen LogP contribution in [0.5, 0.6) is 0 Å². The third-order valence-electron chi connectivity index (χ3n) is 1.62. The minimum atomic E-state index is 0.279. The minimum absolute atomic E-state index is 0.279. The van der Waals surface area contributed by atoms with Crippen LogP contribution in [0.2, 0.25) is 9.36 Å². The monoisotopic (exact) mass is 245 g/mol. The van der Waals surface area contributed by atoms with Gasteiger partial charge in [0.2, 0.25) is 0 Å². The molecule has 0 aliphatic rings. The zero-order chi connectivity index (χ0) is 10.1. The second kappa shape index (κ2) is 3.73. The number of hydrogen-bond donors (Lipinski definition) is 1. The standard InChI is InChI=1S/C8H5Cl2N3S/c9-5-2-1-4(14-5)7-6(10)8(11)13-3-12-7/h1-3H,(H2,11,12,13). The summed E-state index contributed by atoms with van der Waals surface area (Å²) in [6, 6.07) is 3.64. The van der Waals surface area contributed by atoms with E-state index in [0.29, 0.717) is 15.1 Å². The van der Waals surface area contributed by atoms with Gasteiger partial charge in [-0.15, -0.1) is 11.3 Å². The molecule has 2 aromatic heterocycles. The van der Waals surface area contributed by atoms with Gasteiger partial charge in [0.25, 0.3) is 0 Å². The molecule has 0 amide bonds. The Morgan fingerprint density at radius 1 is 1.21 bits per heavy atom. The number of aromatic nitrogens is 2. The Morgan fingerprint density at radius 2 is 2.00 bits per heavy atom. The van der Waals surface area contributed by atoms with E-state index in [2.05, 4.69) is 9.97 Å². The molecule has 2 rings (SSSR count). The summed E-state index contributed by atoms with van der Waals surface area (Å²) in [6.07, 6.45) is 1.38. The lowest BCUT2D eigenvalue weighted by Gasteiger charge is -2.00. The van der Waals surface area contributed by atoms with Crippen LogP contribution in [0.3, 0.4) is 0 Å². The molecule has 0 unspecified atom stereocenters. The van der Waals surface area contributed by atoms with Gasteiger partial charge in [0.05, 0.1) is 9.21 Å². The molecule has 3 nitrogen and oxygen atoms in total. The highest BCUT2D eigenvalue weighted by molar-refractivity contribution is 7.19. The molecule has 0 atom stereocenters. The van der Waals surface area contributed by atoms with Crippen LogP contribution in [0.25, 0.3) is 10.6 Å². The first-order valence-corrected chi connectivity index (χ1v) is 5.27. The Balaban J connectivity index is 2.57. The highest BCUT2D eigenvalue weighted by Gasteiger charge is 2.10. The van der Waals surface area contributed by atoms with Crippen LogP contribution in [0, 0.1) is 0 Å². The number of thiophene rings is 1. The number of halogens is 2. The minimum Gasteiger partial charge on any atom is -0.382 e. The fourth-order valence-electron chi connectivity index (χ4n) is 0.997. The number of rotatable bonds is 1. The quantitative estimate of drug-likeness (QED) is 0.841. The van der Waals surface area contributed by atoms with E-state index in [-0.39, 0.29) is 5.82 Å². The normalized spacial score (nSPS) is 10.4. The van der Waals surface area contributed by atoms with Crippen molar-refractivity contribution in [2.45, 2.75) is 0 Å². The summed E-state index contributed by atoms with van der Waals surface area (Å²) in [5.74, 6) is 0.279. The van der Waals surface area contributed by atoms with Crippen LogP contribution in [-0.2, 0) is 0 Å². The Morgan fingerprint density at radius 3 is 2.64 bits per heavy atom. The Labute approximate surface area is 94.5 Å². The van der Waals surface area contributed by atoms with Gasteiger partial charge in [0.15, 0.2) is 0 Å². The molecule has 0 radical (unpaired) electrons. The average molecular weight is 246 g/mol. The van der Waals surface area contributed by atoms with Crippen LogP contribution in [0.15, 0.2) is 18.5 Å². The number of nitrogens with two attached hydrogens (primary N) is 1. The van der Waals surface area contributed by atoms with Gasteiger partial charge in [-0.1, -0.05) is 23.2 Å². The van der Waals surface area contributed by atoms with Gasteiger partial charge < -0.3 is 5.73 Å². The molecule has 2 heterocycles. The second-order valence-corrected chi connectivity index (χ2v) is 4.62. The van der Waals surface area contributed by atoms with Crippen LogP contribution < -0.4 is 5.73 Å². The number of anilines is 1. The zero-order valence-corrected chi connectivity index (χ0v) is 9.20. The highest BCUT2D eigenvalue weighted by Crippen LogP contribution is 2.35. The zero-order valence-electron chi connectivity index (χ0n) is 6.87. The molecule has 0 fully saturated rings. The van der Waals surface area contributed by atoms with E-state index in [1.165, 1.54) is 17.7 Å². The smallest absolute Gasteiger partial charge is 0.146 e. The Hall–Kier alpha value is -0.840. The summed E-state index contributed by atoms with van der Waals surface area (Å²) in [4.78, 5) is 8.71. The molecule has 72 valence electrons. The predicted molar refractivity (Wildman–Crippen MR) is 59.8 cm³/mol. The van der Waals surface area contributed by atoms with Gasteiger partial charge in [-0.25, -0.2) is 9.97 Å². The fraction of sp³-hybridized carbons (Fsp3) is 0. The summed E-state index contributed by atoms with van der Waals surface area (Å²) in [7, 11) is 0. The van der Waals surface area contributed by atoms with Gasteiger partial charge >= 0.3 is 0 Å². The molecule has 6 heteroatoms. The molecule has 0 aliphatic carbocycles. The van der Waals surface area contributed by atoms with E-state index < -0.39 is 0 Å². The summed E-state index contributed by atoms with van der Waals surface area (Å²) >= 11 is 13.2. The third-order valence-corrected chi connectivity index (χ3v) is 3.23. The second-order valence-electron chi connectivity index (χ2n) is 2.53. The van der Waals surface area contributed by atoms with Crippen LogP contribution in [-0.4, -0.2) is 9.97 Å². The lowest BCUT2D eigenvalue weighted by atomic mass is 10.3. The molecule has 0 aromatic carbocycles. The van der Waals surface area contributed by atoms with Gasteiger partial charge in [-0.2, -0.15) is 0 Å². The van der Waals surface area contributed by atoms with Crippen molar-refractivity contribution in [1.29, 1.82) is 0 Å². The molecule has 0 saturated carbocycles. The molecule has 14 heavy (non-hydrogen) atoms. The molecule has 2 N–H and O–H groups in total. The average Bonchev–Trinajstić information content (AvgIpc) is 2.57. The number of hydrogen-bond acceptors (Lipinski definition) is 4. The number of nitrogen functional groups attached to an aromatic ring is 1. The van der Waals surface area contributed by atoms with E-state index in [1.807, 2.05) is 6.07 Å². The van der Waals surface area contributed by atoms with E-state index >= 15 is 0 Å². The van der Waals surface area contributed by atoms with Crippen molar-refractivity contribution in [1.82, 2.24) is 9.97 Å². The Kier molecular flexibility index (Phi) is 2.58. The van der Waals surface area contributed by atoms with E-state index in [0.717, 1.165) is 4.88 Å². The fourth-order valence-corrected chi connectivity index (χ4v) is 2.30. The first kappa shape index (κ1) is 9.71. The van der Waals surface area contributed by atoms with E-state index in [4.69, 9.17) is 28.9 Å². The first-order chi connectivity index (χ1) is 6.68. The Bertz CT molecular complexity index is 469. The van der Waals surface area contributed by atoms with E-state index in [9.17, 15) is 0 Å². The maximum absolute atomic E-state index is 5.95. The van der Waals surface area contributed by atoms with Crippen LogP contribution in [0.4, 0.5) is 5.82 Å². The van der Waals surface area contributed by atoms with Crippen molar-refractivity contribution in [3.05, 3.63) is 27.8 Å². The van der Waals surface area contributed by atoms with Crippen molar-refractivity contribution in [3.63, 3.8) is 0 Å². The first-order valence-electron chi connectivity index (χ1n) is 3.70. The summed E-state index contributed by atoms with van der Waals surface area (Å²) in [5, 5.41) is 0.367. The molecule has 0 aliphatic heterocycles. The van der Waals surface area contributed by atoms with Gasteiger partial charge in [-0.3, -0.25) is 0 Å².